The third-order valence-corrected chi connectivity index (χ3v) is 4.04. The molecule has 0 heterocycles. The van der Waals surface area contributed by atoms with Crippen LogP contribution in [-0.4, -0.2) is 20.1 Å². The summed E-state index contributed by atoms with van der Waals surface area (Å²) in [5.41, 5.74) is 2.66. The van der Waals surface area contributed by atoms with E-state index in [-0.39, 0.29) is 0 Å². The minimum absolute atomic E-state index is 0.682. The van der Waals surface area contributed by atoms with E-state index in [9.17, 15) is 0 Å². The van der Waals surface area contributed by atoms with Crippen LogP contribution in [0.25, 0.3) is 0 Å². The lowest BCUT2D eigenvalue weighted by Gasteiger charge is -2.12. The number of anilines is 1. The third-order valence-electron chi connectivity index (χ3n) is 3.78. The van der Waals surface area contributed by atoms with Crippen molar-refractivity contribution in [1.82, 2.24) is 0 Å². The first-order chi connectivity index (χ1) is 12.7. The number of amidine groups is 1. The van der Waals surface area contributed by atoms with E-state index in [4.69, 9.17) is 26.1 Å². The van der Waals surface area contributed by atoms with Crippen LogP contribution < -0.4 is 14.8 Å². The fourth-order valence-corrected chi connectivity index (χ4v) is 2.50. The van der Waals surface area contributed by atoms with Crippen LogP contribution in [0.1, 0.15) is 5.56 Å². The molecule has 3 aromatic carbocycles. The molecule has 0 amide bonds. The van der Waals surface area contributed by atoms with Crippen molar-refractivity contribution in [3.63, 3.8) is 0 Å². The van der Waals surface area contributed by atoms with Crippen molar-refractivity contribution in [2.24, 2.45) is 4.99 Å². The zero-order chi connectivity index (χ0) is 18.4. The molecule has 0 bridgehead atoms. The molecule has 4 nitrogen and oxygen atoms in total. The number of rotatable bonds is 5. The van der Waals surface area contributed by atoms with Crippen LogP contribution in [0, 0.1) is 0 Å². The second-order valence-corrected chi connectivity index (χ2v) is 5.96. The van der Waals surface area contributed by atoms with Gasteiger partial charge in [-0.3, -0.25) is 0 Å². The van der Waals surface area contributed by atoms with Crippen molar-refractivity contribution in [2.45, 2.75) is 0 Å². The predicted molar refractivity (Wildman–Crippen MR) is 107 cm³/mol. The summed E-state index contributed by atoms with van der Waals surface area (Å²) in [6.45, 7) is 0. The molecule has 0 atom stereocenters. The minimum atomic E-state index is 0.682. The van der Waals surface area contributed by atoms with Gasteiger partial charge >= 0.3 is 0 Å². The van der Waals surface area contributed by atoms with E-state index in [0.717, 1.165) is 34.3 Å². The van der Waals surface area contributed by atoms with Gasteiger partial charge in [0.2, 0.25) is 0 Å². The fraction of sp³-hybridized carbons (Fsp3) is 0.0952. The lowest BCUT2D eigenvalue weighted by atomic mass is 10.2. The Morgan fingerprint density at radius 3 is 1.85 bits per heavy atom. The monoisotopic (exact) mass is 366 g/mol. The normalized spacial score (nSPS) is 11.1. The maximum Gasteiger partial charge on any atom is 0.138 e. The number of hydrogen-bond donors (Lipinski definition) is 1. The first kappa shape index (κ1) is 17.8. The number of hydrogen-bond acceptors (Lipinski definition) is 3. The fourth-order valence-electron chi connectivity index (χ4n) is 2.37. The lowest BCUT2D eigenvalue weighted by molar-refractivity contribution is 0.415. The van der Waals surface area contributed by atoms with E-state index >= 15 is 0 Å². The van der Waals surface area contributed by atoms with E-state index in [0.29, 0.717) is 5.02 Å². The summed E-state index contributed by atoms with van der Waals surface area (Å²) in [6.07, 6.45) is 0. The number of halogens is 1. The Labute approximate surface area is 158 Å². The molecular formula is C21H19ClN2O2. The van der Waals surface area contributed by atoms with Gasteiger partial charge in [0, 0.05) is 16.3 Å². The quantitative estimate of drug-likeness (QED) is 0.475. The second-order valence-electron chi connectivity index (χ2n) is 5.52. The van der Waals surface area contributed by atoms with Gasteiger partial charge < -0.3 is 14.8 Å². The van der Waals surface area contributed by atoms with E-state index in [2.05, 4.69) is 5.32 Å². The highest BCUT2D eigenvalue weighted by Gasteiger charge is 2.06. The van der Waals surface area contributed by atoms with E-state index in [1.54, 1.807) is 14.2 Å². The van der Waals surface area contributed by atoms with Gasteiger partial charge in [0.15, 0.2) is 0 Å². The van der Waals surface area contributed by atoms with Gasteiger partial charge in [0.05, 0.1) is 19.9 Å². The summed E-state index contributed by atoms with van der Waals surface area (Å²) in [5.74, 6) is 2.31. The second kappa shape index (κ2) is 8.41. The molecule has 5 heteroatoms. The predicted octanol–water partition coefficient (Wildman–Crippen LogP) is 5.55. The third kappa shape index (κ3) is 4.55. The maximum absolute atomic E-state index is 6.02. The zero-order valence-corrected chi connectivity index (χ0v) is 15.3. The van der Waals surface area contributed by atoms with Gasteiger partial charge in [-0.1, -0.05) is 11.6 Å². The highest BCUT2D eigenvalue weighted by Crippen LogP contribution is 2.21. The molecule has 3 aromatic rings. The number of methoxy groups -OCH3 is 2. The van der Waals surface area contributed by atoms with Crippen molar-refractivity contribution in [1.29, 1.82) is 0 Å². The number of nitrogens with one attached hydrogen (secondary N) is 1. The molecule has 0 unspecified atom stereocenters. The Balaban J connectivity index is 1.94. The average molecular weight is 367 g/mol. The Morgan fingerprint density at radius 1 is 0.769 bits per heavy atom. The molecule has 0 saturated heterocycles. The van der Waals surface area contributed by atoms with Gasteiger partial charge in [-0.15, -0.1) is 0 Å². The molecule has 26 heavy (non-hydrogen) atoms. The van der Waals surface area contributed by atoms with Gasteiger partial charge in [0.1, 0.15) is 17.3 Å². The van der Waals surface area contributed by atoms with Crippen LogP contribution >= 0.6 is 11.6 Å². The molecule has 1 N–H and O–H groups in total. The molecule has 132 valence electrons. The molecule has 0 aromatic heterocycles. The molecule has 0 spiro atoms. The Hall–Kier alpha value is -2.98. The van der Waals surface area contributed by atoms with Gasteiger partial charge in [0.25, 0.3) is 0 Å². The van der Waals surface area contributed by atoms with Gasteiger partial charge in [-0.2, -0.15) is 0 Å². The van der Waals surface area contributed by atoms with Crippen molar-refractivity contribution >= 4 is 28.8 Å². The smallest absolute Gasteiger partial charge is 0.138 e. The highest BCUT2D eigenvalue weighted by atomic mass is 35.5. The summed E-state index contributed by atoms with van der Waals surface area (Å²) >= 11 is 6.02. The summed E-state index contributed by atoms with van der Waals surface area (Å²) in [5, 5.41) is 4.05. The lowest BCUT2D eigenvalue weighted by Crippen LogP contribution is -2.13. The molecule has 0 aliphatic rings. The number of ether oxygens (including phenoxy) is 2. The van der Waals surface area contributed by atoms with Crippen LogP contribution in [0.3, 0.4) is 0 Å². The maximum atomic E-state index is 6.02. The first-order valence-electron chi connectivity index (χ1n) is 8.08. The number of aliphatic imine (C=N–C) groups is 1. The van der Waals surface area contributed by atoms with Crippen LogP contribution in [-0.2, 0) is 0 Å². The molecular weight excluding hydrogens is 348 g/mol. The average Bonchev–Trinajstić information content (AvgIpc) is 2.69. The molecule has 0 aliphatic carbocycles. The van der Waals surface area contributed by atoms with Crippen molar-refractivity contribution in [2.75, 3.05) is 19.5 Å². The van der Waals surface area contributed by atoms with E-state index in [1.807, 2.05) is 72.8 Å². The minimum Gasteiger partial charge on any atom is -0.497 e. The zero-order valence-electron chi connectivity index (χ0n) is 14.6. The Morgan fingerprint density at radius 2 is 1.31 bits per heavy atom. The molecule has 0 saturated carbocycles. The van der Waals surface area contributed by atoms with Crippen LogP contribution in [0.4, 0.5) is 11.4 Å². The SMILES string of the molecule is COc1ccc(N=C(Nc2ccc(OC)cc2)c2ccc(Cl)cc2)cc1. The Kier molecular flexibility index (Phi) is 5.77. The molecule has 3 rings (SSSR count). The summed E-state index contributed by atoms with van der Waals surface area (Å²) in [6, 6.07) is 22.8. The van der Waals surface area contributed by atoms with E-state index in [1.165, 1.54) is 0 Å². The summed E-state index contributed by atoms with van der Waals surface area (Å²) < 4.78 is 10.4. The van der Waals surface area contributed by atoms with Crippen molar-refractivity contribution in [3.05, 3.63) is 83.4 Å². The molecule has 0 fully saturated rings. The number of nitrogens with zero attached hydrogens (tertiary/aromatic N) is 1. The van der Waals surface area contributed by atoms with Crippen molar-refractivity contribution < 1.29 is 9.47 Å². The van der Waals surface area contributed by atoms with Gasteiger partial charge in [-0.05, 0) is 72.8 Å². The number of benzene rings is 3. The van der Waals surface area contributed by atoms with Crippen LogP contribution in [0.2, 0.25) is 5.02 Å². The summed E-state index contributed by atoms with van der Waals surface area (Å²) in [4.78, 5) is 4.75. The first-order valence-corrected chi connectivity index (χ1v) is 8.45. The van der Waals surface area contributed by atoms with E-state index < -0.39 is 0 Å². The molecule has 0 aliphatic heterocycles. The standard InChI is InChI=1S/C21H19ClN2O2/c1-25-19-11-7-17(8-12-19)23-21(15-3-5-16(22)6-4-15)24-18-9-13-20(26-2)14-10-18/h3-14H,1-2H3,(H,23,24). The topological polar surface area (TPSA) is 42.8 Å². The molecule has 0 radical (unpaired) electrons. The van der Waals surface area contributed by atoms with Crippen molar-refractivity contribution in [3.8, 4) is 11.5 Å². The largest absolute Gasteiger partial charge is 0.497 e. The summed E-state index contributed by atoms with van der Waals surface area (Å²) in [7, 11) is 3.29. The van der Waals surface area contributed by atoms with Gasteiger partial charge in [-0.25, -0.2) is 4.99 Å². The highest BCUT2D eigenvalue weighted by molar-refractivity contribution is 6.30. The van der Waals surface area contributed by atoms with Crippen LogP contribution in [0.15, 0.2) is 77.8 Å². The Bertz CT molecular complexity index is 873. The van der Waals surface area contributed by atoms with Crippen LogP contribution in [0.5, 0.6) is 11.5 Å².